The number of rotatable bonds is 3. The molecule has 1 saturated heterocycles. The molecule has 0 radical (unpaired) electrons. The standard InChI is InChI=1S/C13H19NO4S/c1-10(15)11-4-3-5-12(8-11)19(17,18)14-7-6-13(2,16)9-14/h3-5,8,10,15-16H,6-7,9H2,1-2H3. The minimum Gasteiger partial charge on any atom is -0.389 e. The monoisotopic (exact) mass is 285 g/mol. The maximum atomic E-state index is 12.4. The number of β-amino-alcohol motifs (C(OH)–C–C–N with tert-alkyl or cyclic N) is 1. The second-order valence-electron chi connectivity index (χ2n) is 5.33. The van der Waals surface area contributed by atoms with E-state index in [4.69, 9.17) is 0 Å². The van der Waals surface area contributed by atoms with E-state index in [0.29, 0.717) is 18.5 Å². The summed E-state index contributed by atoms with van der Waals surface area (Å²) in [6.07, 6.45) is -0.278. The van der Waals surface area contributed by atoms with Crippen LogP contribution in [-0.2, 0) is 10.0 Å². The average Bonchev–Trinajstić information content (AvgIpc) is 2.70. The fourth-order valence-electron chi connectivity index (χ4n) is 2.19. The second kappa shape index (κ2) is 4.86. The molecule has 1 aliphatic heterocycles. The highest BCUT2D eigenvalue weighted by Crippen LogP contribution is 2.27. The molecule has 1 heterocycles. The zero-order valence-corrected chi connectivity index (χ0v) is 11.9. The molecule has 1 aromatic rings. The molecule has 6 heteroatoms. The van der Waals surface area contributed by atoms with Gasteiger partial charge in [0.25, 0.3) is 0 Å². The Balaban J connectivity index is 2.33. The molecule has 106 valence electrons. The van der Waals surface area contributed by atoms with Crippen molar-refractivity contribution in [2.75, 3.05) is 13.1 Å². The predicted molar refractivity (Wildman–Crippen MR) is 71.1 cm³/mol. The van der Waals surface area contributed by atoms with Gasteiger partial charge in [-0.2, -0.15) is 4.31 Å². The van der Waals surface area contributed by atoms with Crippen molar-refractivity contribution >= 4 is 10.0 Å². The van der Waals surface area contributed by atoms with Crippen molar-refractivity contribution in [1.29, 1.82) is 0 Å². The summed E-state index contributed by atoms with van der Waals surface area (Å²) in [7, 11) is -3.60. The highest BCUT2D eigenvalue weighted by molar-refractivity contribution is 7.89. The lowest BCUT2D eigenvalue weighted by Gasteiger charge is -2.19. The topological polar surface area (TPSA) is 77.8 Å². The van der Waals surface area contributed by atoms with E-state index in [9.17, 15) is 18.6 Å². The van der Waals surface area contributed by atoms with Crippen LogP contribution >= 0.6 is 0 Å². The fourth-order valence-corrected chi connectivity index (χ4v) is 3.81. The Labute approximate surface area is 113 Å². The summed E-state index contributed by atoms with van der Waals surface area (Å²) in [4.78, 5) is 0.156. The molecule has 0 aromatic heterocycles. The van der Waals surface area contributed by atoms with Crippen LogP contribution in [0.25, 0.3) is 0 Å². The van der Waals surface area contributed by atoms with Crippen molar-refractivity contribution in [2.45, 2.75) is 36.9 Å². The Morgan fingerprint density at radius 3 is 2.63 bits per heavy atom. The summed E-state index contributed by atoms with van der Waals surface area (Å²) in [5.41, 5.74) is -0.401. The van der Waals surface area contributed by atoms with Crippen LogP contribution in [0.3, 0.4) is 0 Å². The number of nitrogens with zero attached hydrogens (tertiary/aromatic N) is 1. The lowest BCUT2D eigenvalue weighted by Crippen LogP contribution is -2.34. The molecule has 2 rings (SSSR count). The van der Waals surface area contributed by atoms with E-state index < -0.39 is 21.7 Å². The molecule has 2 N–H and O–H groups in total. The van der Waals surface area contributed by atoms with Gasteiger partial charge >= 0.3 is 0 Å². The maximum absolute atomic E-state index is 12.4. The molecular weight excluding hydrogens is 266 g/mol. The molecule has 19 heavy (non-hydrogen) atoms. The first-order chi connectivity index (χ1) is 8.72. The summed E-state index contributed by atoms with van der Waals surface area (Å²) in [5.74, 6) is 0. The van der Waals surface area contributed by atoms with Crippen molar-refractivity contribution in [3.8, 4) is 0 Å². The summed E-state index contributed by atoms with van der Waals surface area (Å²) >= 11 is 0. The van der Waals surface area contributed by atoms with Gasteiger partial charge in [-0.25, -0.2) is 8.42 Å². The minimum absolute atomic E-state index is 0.105. The van der Waals surface area contributed by atoms with Gasteiger partial charge in [0, 0.05) is 13.1 Å². The number of aliphatic hydroxyl groups excluding tert-OH is 1. The molecule has 0 bridgehead atoms. The van der Waals surface area contributed by atoms with E-state index in [0.717, 1.165) is 0 Å². The van der Waals surface area contributed by atoms with Gasteiger partial charge in [-0.15, -0.1) is 0 Å². The van der Waals surface area contributed by atoms with Gasteiger partial charge in [0.1, 0.15) is 0 Å². The van der Waals surface area contributed by atoms with E-state index >= 15 is 0 Å². The molecule has 2 atom stereocenters. The Morgan fingerprint density at radius 1 is 1.42 bits per heavy atom. The zero-order valence-electron chi connectivity index (χ0n) is 11.1. The van der Waals surface area contributed by atoms with E-state index in [-0.39, 0.29) is 11.4 Å². The first kappa shape index (κ1) is 14.5. The van der Waals surface area contributed by atoms with E-state index in [2.05, 4.69) is 0 Å². The van der Waals surface area contributed by atoms with Crippen molar-refractivity contribution in [1.82, 2.24) is 4.31 Å². The van der Waals surface area contributed by atoms with Crippen LogP contribution in [0.15, 0.2) is 29.2 Å². The Hall–Kier alpha value is -0.950. The second-order valence-corrected chi connectivity index (χ2v) is 7.27. The van der Waals surface area contributed by atoms with Gasteiger partial charge in [0.05, 0.1) is 16.6 Å². The van der Waals surface area contributed by atoms with Crippen LogP contribution in [0.2, 0.25) is 0 Å². The van der Waals surface area contributed by atoms with Gasteiger partial charge in [0.15, 0.2) is 0 Å². The van der Waals surface area contributed by atoms with Crippen LogP contribution in [0, 0.1) is 0 Å². The molecular formula is C13H19NO4S. The SMILES string of the molecule is CC(O)c1cccc(S(=O)(=O)N2CCC(C)(O)C2)c1. The van der Waals surface area contributed by atoms with Crippen molar-refractivity contribution in [2.24, 2.45) is 0 Å². The zero-order chi connectivity index (χ0) is 14.3. The van der Waals surface area contributed by atoms with Crippen LogP contribution in [0.4, 0.5) is 0 Å². The van der Waals surface area contributed by atoms with E-state index in [1.165, 1.54) is 16.4 Å². The van der Waals surface area contributed by atoms with Crippen LogP contribution in [0.1, 0.15) is 31.9 Å². The number of aliphatic hydroxyl groups is 2. The third-order valence-electron chi connectivity index (χ3n) is 3.40. The predicted octanol–water partition coefficient (Wildman–Crippen LogP) is 0.885. The number of benzene rings is 1. The summed E-state index contributed by atoms with van der Waals surface area (Å²) in [6.45, 7) is 3.64. The Morgan fingerprint density at radius 2 is 2.11 bits per heavy atom. The summed E-state index contributed by atoms with van der Waals surface area (Å²) in [5, 5.41) is 19.4. The van der Waals surface area contributed by atoms with Gasteiger partial charge in [-0.05, 0) is 38.0 Å². The van der Waals surface area contributed by atoms with Crippen molar-refractivity contribution in [3.63, 3.8) is 0 Å². The molecule has 5 nitrogen and oxygen atoms in total. The van der Waals surface area contributed by atoms with Crippen LogP contribution in [-0.4, -0.2) is 41.6 Å². The number of sulfonamides is 1. The van der Waals surface area contributed by atoms with Gasteiger partial charge in [0.2, 0.25) is 10.0 Å². The average molecular weight is 285 g/mol. The lowest BCUT2D eigenvalue weighted by atomic mass is 10.1. The Bertz CT molecular complexity index is 566. The highest BCUT2D eigenvalue weighted by atomic mass is 32.2. The third kappa shape index (κ3) is 2.97. The first-order valence-electron chi connectivity index (χ1n) is 6.23. The normalized spacial score (nSPS) is 26.5. The lowest BCUT2D eigenvalue weighted by molar-refractivity contribution is 0.0762. The van der Waals surface area contributed by atoms with Gasteiger partial charge in [-0.3, -0.25) is 0 Å². The molecule has 1 aromatic carbocycles. The molecule has 1 fully saturated rings. The van der Waals surface area contributed by atoms with E-state index in [1.54, 1.807) is 26.0 Å². The smallest absolute Gasteiger partial charge is 0.243 e. The van der Waals surface area contributed by atoms with Crippen molar-refractivity contribution < 1.29 is 18.6 Å². The van der Waals surface area contributed by atoms with Crippen LogP contribution in [0.5, 0.6) is 0 Å². The molecule has 0 amide bonds. The fraction of sp³-hybridized carbons (Fsp3) is 0.538. The molecule has 1 aliphatic rings. The molecule has 0 aliphatic carbocycles. The first-order valence-corrected chi connectivity index (χ1v) is 7.67. The summed E-state index contributed by atoms with van der Waals surface area (Å²) < 4.78 is 26.1. The molecule has 0 spiro atoms. The van der Waals surface area contributed by atoms with Crippen LogP contribution < -0.4 is 0 Å². The Kier molecular flexibility index (Phi) is 3.70. The van der Waals surface area contributed by atoms with Gasteiger partial charge < -0.3 is 10.2 Å². The number of hydrogen-bond acceptors (Lipinski definition) is 4. The maximum Gasteiger partial charge on any atom is 0.243 e. The molecule has 0 saturated carbocycles. The largest absolute Gasteiger partial charge is 0.389 e. The van der Waals surface area contributed by atoms with Crippen molar-refractivity contribution in [3.05, 3.63) is 29.8 Å². The quantitative estimate of drug-likeness (QED) is 0.864. The highest BCUT2D eigenvalue weighted by Gasteiger charge is 2.38. The number of hydrogen-bond donors (Lipinski definition) is 2. The molecule has 2 unspecified atom stereocenters. The third-order valence-corrected chi connectivity index (χ3v) is 5.24. The van der Waals surface area contributed by atoms with Gasteiger partial charge in [-0.1, -0.05) is 12.1 Å². The van der Waals surface area contributed by atoms with E-state index in [1.807, 2.05) is 0 Å². The summed E-state index contributed by atoms with van der Waals surface area (Å²) in [6, 6.07) is 6.29. The minimum atomic E-state index is -3.60.